The van der Waals surface area contributed by atoms with Crippen molar-refractivity contribution in [3.8, 4) is 11.5 Å². The Morgan fingerprint density at radius 1 is 1.40 bits per heavy atom. The molecule has 20 heavy (non-hydrogen) atoms. The molecular formula is C14H17BrN2O2S. The summed E-state index contributed by atoms with van der Waals surface area (Å²) in [6.07, 6.45) is 1.86. The molecule has 0 aliphatic rings. The number of anilines is 1. The lowest BCUT2D eigenvalue weighted by Gasteiger charge is -2.18. The van der Waals surface area contributed by atoms with Crippen LogP contribution >= 0.6 is 27.3 Å². The number of nitrogens with one attached hydrogen (secondary N) is 1. The van der Waals surface area contributed by atoms with Crippen LogP contribution in [0.25, 0.3) is 0 Å². The van der Waals surface area contributed by atoms with Crippen LogP contribution in [0.5, 0.6) is 11.5 Å². The van der Waals surface area contributed by atoms with Crippen molar-refractivity contribution >= 4 is 32.4 Å². The predicted octanol–water partition coefficient (Wildman–Crippen LogP) is 4.31. The van der Waals surface area contributed by atoms with Crippen molar-refractivity contribution in [2.75, 3.05) is 12.4 Å². The van der Waals surface area contributed by atoms with Crippen molar-refractivity contribution in [2.45, 2.75) is 26.5 Å². The molecule has 108 valence electrons. The van der Waals surface area contributed by atoms with Crippen molar-refractivity contribution in [2.24, 2.45) is 0 Å². The molecule has 0 aliphatic carbocycles. The second-order valence-corrected chi connectivity index (χ2v) is 6.26. The average Bonchev–Trinajstić information content (AvgIpc) is 2.91. The Morgan fingerprint density at radius 3 is 2.80 bits per heavy atom. The van der Waals surface area contributed by atoms with Crippen molar-refractivity contribution < 1.29 is 9.47 Å². The van der Waals surface area contributed by atoms with Crippen LogP contribution in [0.2, 0.25) is 0 Å². The number of rotatable bonds is 6. The third kappa shape index (κ3) is 3.86. The van der Waals surface area contributed by atoms with Gasteiger partial charge in [-0.15, -0.1) is 11.3 Å². The lowest BCUT2D eigenvalue weighted by atomic mass is 10.2. The van der Waals surface area contributed by atoms with Gasteiger partial charge >= 0.3 is 0 Å². The van der Waals surface area contributed by atoms with Crippen molar-refractivity contribution in [1.82, 2.24) is 4.98 Å². The highest BCUT2D eigenvalue weighted by Crippen LogP contribution is 2.36. The minimum Gasteiger partial charge on any atom is -0.493 e. The zero-order valence-corrected chi connectivity index (χ0v) is 14.0. The van der Waals surface area contributed by atoms with E-state index in [1.54, 1.807) is 24.6 Å². The summed E-state index contributed by atoms with van der Waals surface area (Å²) in [7, 11) is 1.65. The molecule has 4 nitrogen and oxygen atoms in total. The van der Waals surface area contributed by atoms with E-state index >= 15 is 0 Å². The number of ether oxygens (including phenoxy) is 2. The first-order valence-electron chi connectivity index (χ1n) is 6.26. The fourth-order valence-electron chi connectivity index (χ4n) is 1.76. The Hall–Kier alpha value is -1.27. The van der Waals surface area contributed by atoms with Crippen LogP contribution in [0, 0.1) is 0 Å². The molecule has 0 unspecified atom stereocenters. The predicted molar refractivity (Wildman–Crippen MR) is 85.9 cm³/mol. The molecule has 0 aliphatic heterocycles. The smallest absolute Gasteiger partial charge is 0.182 e. The molecule has 1 aromatic heterocycles. The Kier molecular flexibility index (Phi) is 5.25. The van der Waals surface area contributed by atoms with Crippen LogP contribution in [0.15, 0.2) is 28.2 Å². The number of hydrogen-bond acceptors (Lipinski definition) is 5. The lowest BCUT2D eigenvalue weighted by molar-refractivity contribution is 0.228. The monoisotopic (exact) mass is 356 g/mol. The molecule has 0 radical (unpaired) electrons. The maximum Gasteiger partial charge on any atom is 0.182 e. The summed E-state index contributed by atoms with van der Waals surface area (Å²) in [4.78, 5) is 4.21. The molecular weight excluding hydrogens is 340 g/mol. The van der Waals surface area contributed by atoms with Gasteiger partial charge in [0.1, 0.15) is 0 Å². The zero-order chi connectivity index (χ0) is 14.5. The Morgan fingerprint density at radius 2 is 2.20 bits per heavy atom. The molecule has 0 amide bonds. The molecule has 1 N–H and O–H groups in total. The number of halogens is 1. The van der Waals surface area contributed by atoms with Gasteiger partial charge in [-0.2, -0.15) is 0 Å². The van der Waals surface area contributed by atoms with Gasteiger partial charge in [0.25, 0.3) is 0 Å². The van der Waals surface area contributed by atoms with E-state index in [4.69, 9.17) is 9.47 Å². The van der Waals surface area contributed by atoms with E-state index in [1.165, 1.54) is 0 Å². The number of benzene rings is 1. The third-order valence-electron chi connectivity index (χ3n) is 2.53. The second-order valence-electron chi connectivity index (χ2n) is 4.45. The van der Waals surface area contributed by atoms with Gasteiger partial charge in [0, 0.05) is 28.2 Å². The highest BCUT2D eigenvalue weighted by molar-refractivity contribution is 9.10. The minimum atomic E-state index is 0.0867. The number of methoxy groups -OCH3 is 1. The molecule has 0 bridgehead atoms. The van der Waals surface area contributed by atoms with E-state index in [2.05, 4.69) is 26.2 Å². The van der Waals surface area contributed by atoms with Crippen LogP contribution in [-0.4, -0.2) is 18.2 Å². The van der Waals surface area contributed by atoms with Gasteiger partial charge in [-0.05, 0) is 26.0 Å². The molecule has 0 saturated heterocycles. The molecule has 0 spiro atoms. The minimum absolute atomic E-state index is 0.0867. The molecule has 1 aromatic carbocycles. The zero-order valence-electron chi connectivity index (χ0n) is 11.6. The molecule has 0 saturated carbocycles. The maximum absolute atomic E-state index is 5.89. The van der Waals surface area contributed by atoms with E-state index in [0.717, 1.165) is 26.7 Å². The Labute approximate surface area is 131 Å². The summed E-state index contributed by atoms with van der Waals surface area (Å²) < 4.78 is 12.3. The first kappa shape index (κ1) is 15.1. The summed E-state index contributed by atoms with van der Waals surface area (Å²) in [5, 5.41) is 6.11. The van der Waals surface area contributed by atoms with Crippen LogP contribution in [-0.2, 0) is 6.54 Å². The topological polar surface area (TPSA) is 43.4 Å². The average molecular weight is 357 g/mol. The van der Waals surface area contributed by atoms with Crippen molar-refractivity contribution in [1.29, 1.82) is 0 Å². The van der Waals surface area contributed by atoms with Crippen molar-refractivity contribution in [3.05, 3.63) is 33.7 Å². The number of thiazole rings is 1. The summed E-state index contributed by atoms with van der Waals surface area (Å²) >= 11 is 5.07. The highest BCUT2D eigenvalue weighted by Gasteiger charge is 2.14. The summed E-state index contributed by atoms with van der Waals surface area (Å²) in [6.45, 7) is 4.63. The molecule has 2 rings (SSSR count). The van der Waals surface area contributed by atoms with E-state index in [0.29, 0.717) is 6.54 Å². The maximum atomic E-state index is 5.89. The van der Waals surface area contributed by atoms with Gasteiger partial charge in [0.05, 0.1) is 13.2 Å². The third-order valence-corrected chi connectivity index (χ3v) is 3.72. The summed E-state index contributed by atoms with van der Waals surface area (Å²) in [6, 6.07) is 3.94. The van der Waals surface area contributed by atoms with Crippen LogP contribution < -0.4 is 14.8 Å². The van der Waals surface area contributed by atoms with Gasteiger partial charge in [-0.3, -0.25) is 0 Å². The molecule has 1 heterocycles. The van der Waals surface area contributed by atoms with Gasteiger partial charge in [-0.25, -0.2) is 4.98 Å². The normalized spacial score (nSPS) is 10.7. The summed E-state index contributed by atoms with van der Waals surface area (Å²) in [5.74, 6) is 1.50. The lowest BCUT2D eigenvalue weighted by Crippen LogP contribution is -2.10. The molecule has 6 heteroatoms. The molecule has 0 fully saturated rings. The number of aromatic nitrogens is 1. The fraction of sp³-hybridized carbons (Fsp3) is 0.357. The fourth-order valence-corrected chi connectivity index (χ4v) is 2.77. The Bertz CT molecular complexity index is 559. The molecule has 2 aromatic rings. The first-order chi connectivity index (χ1) is 9.60. The van der Waals surface area contributed by atoms with Crippen LogP contribution in [0.4, 0.5) is 5.13 Å². The van der Waals surface area contributed by atoms with E-state index < -0.39 is 0 Å². The van der Waals surface area contributed by atoms with E-state index in [9.17, 15) is 0 Å². The highest BCUT2D eigenvalue weighted by atomic mass is 79.9. The second kappa shape index (κ2) is 6.95. The van der Waals surface area contributed by atoms with Crippen LogP contribution in [0.1, 0.15) is 19.4 Å². The van der Waals surface area contributed by atoms with E-state index in [-0.39, 0.29) is 6.10 Å². The number of nitrogens with zero attached hydrogens (tertiary/aromatic N) is 1. The van der Waals surface area contributed by atoms with Gasteiger partial charge < -0.3 is 14.8 Å². The summed E-state index contributed by atoms with van der Waals surface area (Å²) in [5.41, 5.74) is 1.03. The van der Waals surface area contributed by atoms with Gasteiger partial charge in [-0.1, -0.05) is 15.9 Å². The first-order valence-corrected chi connectivity index (χ1v) is 7.94. The van der Waals surface area contributed by atoms with Crippen LogP contribution in [0.3, 0.4) is 0 Å². The Balaban J connectivity index is 2.26. The quantitative estimate of drug-likeness (QED) is 0.837. The van der Waals surface area contributed by atoms with Crippen molar-refractivity contribution in [3.63, 3.8) is 0 Å². The largest absolute Gasteiger partial charge is 0.493 e. The van der Waals surface area contributed by atoms with Gasteiger partial charge in [0.2, 0.25) is 0 Å². The van der Waals surface area contributed by atoms with Gasteiger partial charge in [0.15, 0.2) is 16.6 Å². The van der Waals surface area contributed by atoms with E-state index in [1.807, 2.05) is 31.4 Å². The molecule has 0 atom stereocenters. The standard InChI is InChI=1S/C14H17BrN2O2S/c1-9(2)19-13-10(6-11(15)7-12(13)18-3)8-17-14-16-4-5-20-14/h4-7,9H,8H2,1-3H3,(H,16,17). The SMILES string of the molecule is COc1cc(Br)cc(CNc2nccs2)c1OC(C)C. The number of hydrogen-bond donors (Lipinski definition) is 1.